The van der Waals surface area contributed by atoms with Crippen LogP contribution in [-0.4, -0.2) is 23.0 Å². The molecule has 0 aliphatic carbocycles. The molecule has 9 rings (SSSR count). The molecule has 4 heterocycles. The molecule has 0 amide bonds. The van der Waals surface area contributed by atoms with E-state index in [4.69, 9.17) is 0 Å². The van der Waals surface area contributed by atoms with Gasteiger partial charge in [-0.3, -0.25) is 9.97 Å². The SMILES string of the molecule is N#Cc1ccc2c(c1)c1ccccc1n2-c1ccc2c(c1)-c1ccc(-c3cc(-c4cccnc4)cc(-c4cccnc4)c3)cc1CS(=O)(=O)C2. The van der Waals surface area contributed by atoms with Crippen molar-refractivity contribution in [3.05, 3.63) is 163 Å². The summed E-state index contributed by atoms with van der Waals surface area (Å²) in [5.74, 6) is -0.0861. The summed E-state index contributed by atoms with van der Waals surface area (Å²) in [5.41, 5.74) is 12.8. The van der Waals surface area contributed by atoms with E-state index in [1.165, 1.54) is 0 Å². The quantitative estimate of drug-likeness (QED) is 0.187. The predicted molar refractivity (Wildman–Crippen MR) is 199 cm³/mol. The number of benzene rings is 5. The van der Waals surface area contributed by atoms with Gasteiger partial charge in [0.25, 0.3) is 0 Å². The molecular weight excluding hydrogens is 637 g/mol. The molecule has 5 aromatic carbocycles. The smallest absolute Gasteiger partial charge is 0.158 e. The Kier molecular flexibility index (Phi) is 6.94. The largest absolute Gasteiger partial charge is 0.309 e. The number of rotatable bonds is 4. The van der Waals surface area contributed by atoms with Crippen molar-refractivity contribution in [3.63, 3.8) is 0 Å². The minimum Gasteiger partial charge on any atom is -0.309 e. The van der Waals surface area contributed by atoms with Crippen LogP contribution in [0.5, 0.6) is 0 Å². The maximum absolute atomic E-state index is 13.6. The third kappa shape index (κ3) is 5.14. The number of hydrogen-bond acceptors (Lipinski definition) is 5. The molecule has 8 aromatic rings. The Labute approximate surface area is 289 Å². The predicted octanol–water partition coefficient (Wildman–Crippen LogP) is 9.54. The van der Waals surface area contributed by atoms with Crippen molar-refractivity contribution < 1.29 is 8.42 Å². The summed E-state index contributed by atoms with van der Waals surface area (Å²) in [4.78, 5) is 8.69. The summed E-state index contributed by atoms with van der Waals surface area (Å²) in [6, 6.07) is 42.8. The van der Waals surface area contributed by atoms with Gasteiger partial charge in [0.05, 0.1) is 34.2 Å². The zero-order valence-electron chi connectivity index (χ0n) is 26.8. The lowest BCUT2D eigenvalue weighted by Gasteiger charge is -2.15. The van der Waals surface area contributed by atoms with E-state index in [1.54, 1.807) is 12.4 Å². The monoisotopic (exact) mass is 664 g/mol. The maximum atomic E-state index is 13.6. The number of hydrogen-bond donors (Lipinski definition) is 0. The summed E-state index contributed by atoms with van der Waals surface area (Å²) < 4.78 is 29.4. The average Bonchev–Trinajstić information content (AvgIpc) is 3.43. The van der Waals surface area contributed by atoms with Crippen LogP contribution in [0, 0.1) is 11.3 Å². The molecule has 0 spiro atoms. The third-order valence-corrected chi connectivity index (χ3v) is 11.1. The third-order valence-electron chi connectivity index (χ3n) is 9.56. The second-order valence-corrected chi connectivity index (χ2v) is 14.8. The molecule has 238 valence electrons. The lowest BCUT2D eigenvalue weighted by atomic mass is 9.90. The van der Waals surface area contributed by atoms with Crippen LogP contribution in [0.15, 0.2) is 146 Å². The van der Waals surface area contributed by atoms with Gasteiger partial charge in [0.1, 0.15) is 0 Å². The lowest BCUT2D eigenvalue weighted by Crippen LogP contribution is -2.05. The molecular formula is C43H28N4O2S. The van der Waals surface area contributed by atoms with Gasteiger partial charge in [0.2, 0.25) is 0 Å². The molecule has 0 saturated carbocycles. The highest BCUT2D eigenvalue weighted by Crippen LogP contribution is 2.40. The van der Waals surface area contributed by atoms with Crippen molar-refractivity contribution in [2.75, 3.05) is 0 Å². The fourth-order valence-electron chi connectivity index (χ4n) is 7.28. The Hall–Kier alpha value is -6.36. The van der Waals surface area contributed by atoms with Crippen LogP contribution >= 0.6 is 0 Å². The summed E-state index contributed by atoms with van der Waals surface area (Å²) in [6.07, 6.45) is 7.22. The first kappa shape index (κ1) is 29.8. The van der Waals surface area contributed by atoms with Crippen LogP contribution in [0.4, 0.5) is 0 Å². The average molecular weight is 665 g/mol. The van der Waals surface area contributed by atoms with Gasteiger partial charge < -0.3 is 4.57 Å². The van der Waals surface area contributed by atoms with Crippen molar-refractivity contribution in [2.24, 2.45) is 0 Å². The van der Waals surface area contributed by atoms with Crippen LogP contribution in [-0.2, 0) is 21.3 Å². The molecule has 6 nitrogen and oxygen atoms in total. The molecule has 3 aromatic heterocycles. The Morgan fingerprint density at radius 2 is 1.24 bits per heavy atom. The van der Waals surface area contributed by atoms with Crippen LogP contribution in [0.1, 0.15) is 16.7 Å². The first-order chi connectivity index (χ1) is 24.4. The molecule has 0 radical (unpaired) electrons. The molecule has 1 aliphatic rings. The molecule has 0 fully saturated rings. The fourth-order valence-corrected chi connectivity index (χ4v) is 8.82. The van der Waals surface area contributed by atoms with Crippen LogP contribution in [0.3, 0.4) is 0 Å². The lowest BCUT2D eigenvalue weighted by molar-refractivity contribution is 0.595. The van der Waals surface area contributed by atoms with E-state index in [1.807, 2.05) is 85.2 Å². The van der Waals surface area contributed by atoms with Gasteiger partial charge in [-0.25, -0.2) is 8.42 Å². The number of nitrogens with zero attached hydrogens (tertiary/aromatic N) is 4. The van der Waals surface area contributed by atoms with Crippen molar-refractivity contribution in [2.45, 2.75) is 11.5 Å². The fraction of sp³-hybridized carbons (Fsp3) is 0.0465. The van der Waals surface area contributed by atoms with E-state index in [0.29, 0.717) is 5.56 Å². The topological polar surface area (TPSA) is 88.6 Å². The van der Waals surface area contributed by atoms with Crippen LogP contribution in [0.25, 0.3) is 72.0 Å². The van der Waals surface area contributed by atoms with Crippen LogP contribution < -0.4 is 0 Å². The molecule has 50 heavy (non-hydrogen) atoms. The highest BCUT2D eigenvalue weighted by atomic mass is 32.2. The zero-order chi connectivity index (χ0) is 33.8. The van der Waals surface area contributed by atoms with E-state index < -0.39 is 9.84 Å². The Balaban J connectivity index is 1.22. The summed E-state index contributed by atoms with van der Waals surface area (Å²) in [6.45, 7) is 0. The van der Waals surface area contributed by atoms with Crippen molar-refractivity contribution >= 4 is 31.6 Å². The van der Waals surface area contributed by atoms with Gasteiger partial charge in [0, 0.05) is 52.4 Å². The summed E-state index contributed by atoms with van der Waals surface area (Å²) >= 11 is 0. The second kappa shape index (κ2) is 11.7. The highest BCUT2D eigenvalue weighted by Gasteiger charge is 2.25. The van der Waals surface area contributed by atoms with Gasteiger partial charge in [-0.1, -0.05) is 48.5 Å². The first-order valence-corrected chi connectivity index (χ1v) is 18.1. The second-order valence-electron chi connectivity index (χ2n) is 12.7. The molecule has 1 aliphatic heterocycles. The number of aromatic nitrogens is 3. The Bertz CT molecular complexity index is 2730. The summed E-state index contributed by atoms with van der Waals surface area (Å²) in [5, 5.41) is 11.7. The van der Waals surface area contributed by atoms with Crippen LogP contribution in [0.2, 0.25) is 0 Å². The molecule has 0 atom stereocenters. The molecule has 0 unspecified atom stereocenters. The van der Waals surface area contributed by atoms with Crippen molar-refractivity contribution in [1.82, 2.24) is 14.5 Å². The molecule has 0 N–H and O–H groups in total. The number of sulfone groups is 1. The van der Waals surface area contributed by atoms with Gasteiger partial charge >= 0.3 is 0 Å². The Morgan fingerprint density at radius 1 is 0.560 bits per heavy atom. The van der Waals surface area contributed by atoms with E-state index in [0.717, 1.165) is 83.1 Å². The van der Waals surface area contributed by atoms with E-state index in [2.05, 4.69) is 69.1 Å². The number of para-hydroxylation sites is 1. The van der Waals surface area contributed by atoms with E-state index in [9.17, 15) is 13.7 Å². The first-order valence-electron chi connectivity index (χ1n) is 16.3. The molecule has 0 bridgehead atoms. The van der Waals surface area contributed by atoms with E-state index >= 15 is 0 Å². The Morgan fingerprint density at radius 3 is 1.94 bits per heavy atom. The van der Waals surface area contributed by atoms with Gasteiger partial charge in [-0.05, 0) is 117 Å². The number of fused-ring (bicyclic) bond motifs is 6. The standard InChI is InChI=1S/C43H28N4O2S/c44-23-28-9-14-43-41(17-28)39-7-1-2-8-42(39)47(43)37-12-10-32-26-50(48,49)27-36-18-29(11-13-38(36)40(32)22-37)33-19-34(30-5-3-15-45-24-30)21-35(20-33)31-6-4-16-46-25-31/h1-22,24-25H,26-27H2. The molecule has 7 heteroatoms. The van der Waals surface area contributed by atoms with E-state index in [-0.39, 0.29) is 11.5 Å². The van der Waals surface area contributed by atoms with Crippen molar-refractivity contribution in [3.8, 4) is 56.3 Å². The van der Waals surface area contributed by atoms with Gasteiger partial charge in [-0.15, -0.1) is 0 Å². The minimum atomic E-state index is -3.44. The molecule has 0 saturated heterocycles. The normalized spacial score (nSPS) is 13.3. The highest BCUT2D eigenvalue weighted by molar-refractivity contribution is 7.89. The van der Waals surface area contributed by atoms with Gasteiger partial charge in [0.15, 0.2) is 9.84 Å². The zero-order valence-corrected chi connectivity index (χ0v) is 27.6. The number of nitriles is 1. The maximum Gasteiger partial charge on any atom is 0.158 e. The number of pyridine rings is 2. The van der Waals surface area contributed by atoms with Gasteiger partial charge in [-0.2, -0.15) is 5.26 Å². The van der Waals surface area contributed by atoms with Crippen molar-refractivity contribution in [1.29, 1.82) is 5.26 Å². The minimum absolute atomic E-state index is 0.0347. The summed E-state index contributed by atoms with van der Waals surface area (Å²) in [7, 11) is -3.44.